The van der Waals surface area contributed by atoms with Crippen molar-refractivity contribution >= 4 is 21.5 Å². The van der Waals surface area contributed by atoms with Crippen molar-refractivity contribution in [2.75, 3.05) is 0 Å². The van der Waals surface area contributed by atoms with Crippen molar-refractivity contribution in [2.24, 2.45) is 0 Å². The molecular formula is C14H10. The number of fused-ring (bicyclic) bond motifs is 3. The van der Waals surface area contributed by atoms with E-state index in [4.69, 9.17) is 0 Å². The maximum absolute atomic E-state index is 2.18. The summed E-state index contributed by atoms with van der Waals surface area (Å²) in [7, 11) is 0. The molecule has 0 unspecified atom stereocenters. The molecule has 0 bridgehead atoms. The van der Waals surface area contributed by atoms with Crippen LogP contribution >= 0.6 is 0 Å². The highest BCUT2D eigenvalue weighted by atomic mass is 14.3. The fraction of sp³-hybridized carbons (Fsp3) is 0. The van der Waals surface area contributed by atoms with Crippen LogP contribution in [-0.4, -0.2) is 0 Å². The summed E-state index contributed by atoms with van der Waals surface area (Å²) in [6, 6.07) is 21.4. The second-order valence-electron chi connectivity index (χ2n) is 3.51. The summed E-state index contributed by atoms with van der Waals surface area (Å²) in [4.78, 5) is 0. The lowest BCUT2D eigenvalue weighted by Gasteiger charge is -2.02. The maximum atomic E-state index is 2.18. The minimum absolute atomic E-state index is 1.31. The topological polar surface area (TPSA) is 0 Å². The summed E-state index contributed by atoms with van der Waals surface area (Å²) in [5.41, 5.74) is 0. The highest BCUT2D eigenvalue weighted by molar-refractivity contribution is 6.07. The number of benzene rings is 3. The zero-order valence-electron chi connectivity index (χ0n) is 7.77. The van der Waals surface area contributed by atoms with Gasteiger partial charge in [-0.3, -0.25) is 0 Å². The summed E-state index contributed by atoms with van der Waals surface area (Å²) in [6.07, 6.45) is 0. The molecule has 14 heavy (non-hydrogen) atoms. The van der Waals surface area contributed by atoms with Gasteiger partial charge in [-0.1, -0.05) is 60.7 Å². The van der Waals surface area contributed by atoms with Gasteiger partial charge in [0, 0.05) is 0 Å². The smallest absolute Gasteiger partial charge is 0.0105 e. The first-order chi connectivity index (χ1) is 6.95. The second kappa shape index (κ2) is 2.85. The van der Waals surface area contributed by atoms with Crippen molar-refractivity contribution in [2.45, 2.75) is 0 Å². The molecule has 0 aliphatic carbocycles. The van der Waals surface area contributed by atoms with Crippen LogP contribution in [0.15, 0.2) is 60.7 Å². The Balaban J connectivity index is 2.61. The van der Waals surface area contributed by atoms with Gasteiger partial charge in [0.2, 0.25) is 0 Å². The Hall–Kier alpha value is -1.82. The van der Waals surface area contributed by atoms with E-state index < -0.39 is 0 Å². The minimum Gasteiger partial charge on any atom is -0.0616 e. The van der Waals surface area contributed by atoms with Crippen molar-refractivity contribution in [1.29, 1.82) is 0 Å². The molecule has 0 saturated carbocycles. The van der Waals surface area contributed by atoms with Gasteiger partial charge >= 0.3 is 0 Å². The Morgan fingerprint density at radius 2 is 0.857 bits per heavy atom. The van der Waals surface area contributed by atoms with Gasteiger partial charge in [-0.2, -0.15) is 0 Å². The first-order valence-corrected chi connectivity index (χ1v) is 4.82. The third kappa shape index (κ3) is 1.01. The first kappa shape index (κ1) is 7.57. The summed E-state index contributed by atoms with van der Waals surface area (Å²) in [5, 5.41) is 5.30. The Kier molecular flexibility index (Phi) is 1.54. The van der Waals surface area contributed by atoms with E-state index in [1.54, 1.807) is 0 Å². The normalized spacial score (nSPS) is 10.9. The lowest BCUT2D eigenvalue weighted by molar-refractivity contribution is 1.76. The van der Waals surface area contributed by atoms with Gasteiger partial charge < -0.3 is 0 Å². The summed E-state index contributed by atoms with van der Waals surface area (Å²) < 4.78 is 0. The second-order valence-corrected chi connectivity index (χ2v) is 3.51. The van der Waals surface area contributed by atoms with E-state index in [9.17, 15) is 0 Å². The average Bonchev–Trinajstić information content (AvgIpc) is 2.29. The summed E-state index contributed by atoms with van der Waals surface area (Å²) in [6.45, 7) is 0. The molecule has 0 fully saturated rings. The van der Waals surface area contributed by atoms with E-state index in [0.29, 0.717) is 0 Å². The lowest BCUT2D eigenvalue weighted by atomic mass is 10.1. The number of rotatable bonds is 0. The highest BCUT2D eigenvalue weighted by Gasteiger charge is 1.97. The SMILES string of the molecule is c1ccc2c(c1)ccc1[13cH][13cH]ccc12. The predicted molar refractivity (Wildman–Crippen MR) is 61.5 cm³/mol. The first-order valence-electron chi connectivity index (χ1n) is 4.82. The fourth-order valence-corrected chi connectivity index (χ4v) is 1.95. The van der Waals surface area contributed by atoms with E-state index in [0.717, 1.165) is 0 Å². The van der Waals surface area contributed by atoms with E-state index >= 15 is 0 Å². The van der Waals surface area contributed by atoms with Gasteiger partial charge in [-0.05, 0) is 21.5 Å². The zero-order valence-corrected chi connectivity index (χ0v) is 7.77. The van der Waals surface area contributed by atoms with Gasteiger partial charge in [0.15, 0.2) is 0 Å². The van der Waals surface area contributed by atoms with Crippen LogP contribution in [0, 0.1) is 0 Å². The van der Waals surface area contributed by atoms with Gasteiger partial charge in [-0.25, -0.2) is 0 Å². The van der Waals surface area contributed by atoms with Gasteiger partial charge in [0.1, 0.15) is 0 Å². The summed E-state index contributed by atoms with van der Waals surface area (Å²) in [5.74, 6) is 0. The molecule has 0 aromatic heterocycles. The molecule has 0 radical (unpaired) electrons. The van der Waals surface area contributed by atoms with Gasteiger partial charge in [0.05, 0.1) is 0 Å². The lowest BCUT2D eigenvalue weighted by Crippen LogP contribution is -1.75. The standard InChI is InChI=1S/C14H10/c1-3-7-13-11(5-1)9-10-12-6-2-4-8-14(12)13/h1-10H/i1+1,5+1. The Bertz CT molecular complexity index is 539. The molecule has 66 valence electrons. The third-order valence-electron chi connectivity index (χ3n) is 2.65. The molecular weight excluding hydrogens is 170 g/mol. The quantitative estimate of drug-likeness (QED) is 0.459. The van der Waals surface area contributed by atoms with Gasteiger partial charge in [-0.15, -0.1) is 0 Å². The van der Waals surface area contributed by atoms with E-state index in [2.05, 4.69) is 60.7 Å². The van der Waals surface area contributed by atoms with Crippen molar-refractivity contribution in [3.63, 3.8) is 0 Å². The molecule has 0 amide bonds. The van der Waals surface area contributed by atoms with Crippen LogP contribution in [0.1, 0.15) is 0 Å². The average molecular weight is 180 g/mol. The molecule has 0 atom stereocenters. The molecule has 0 heterocycles. The largest absolute Gasteiger partial charge is 0.0616 e. The van der Waals surface area contributed by atoms with Crippen LogP contribution in [-0.2, 0) is 0 Å². The Labute approximate surface area is 82.8 Å². The third-order valence-corrected chi connectivity index (χ3v) is 2.65. The minimum atomic E-state index is 1.31. The van der Waals surface area contributed by atoms with Crippen LogP contribution in [0.2, 0.25) is 0 Å². The Morgan fingerprint density at radius 1 is 0.429 bits per heavy atom. The van der Waals surface area contributed by atoms with E-state index in [1.165, 1.54) is 21.5 Å². The number of hydrogen-bond acceptors (Lipinski definition) is 0. The van der Waals surface area contributed by atoms with Crippen LogP contribution in [0.5, 0.6) is 0 Å². The molecule has 0 aliphatic rings. The van der Waals surface area contributed by atoms with Crippen LogP contribution in [0.3, 0.4) is 0 Å². The number of hydrogen-bond donors (Lipinski definition) is 0. The van der Waals surface area contributed by atoms with Crippen LogP contribution < -0.4 is 0 Å². The van der Waals surface area contributed by atoms with Crippen molar-refractivity contribution in [3.8, 4) is 0 Å². The molecule has 0 heteroatoms. The molecule has 3 rings (SSSR count). The van der Waals surface area contributed by atoms with Crippen molar-refractivity contribution in [1.82, 2.24) is 0 Å². The van der Waals surface area contributed by atoms with Crippen molar-refractivity contribution < 1.29 is 0 Å². The highest BCUT2D eigenvalue weighted by Crippen LogP contribution is 2.24. The molecule has 3 aromatic rings. The zero-order chi connectivity index (χ0) is 9.38. The molecule has 0 N–H and O–H groups in total. The van der Waals surface area contributed by atoms with Gasteiger partial charge in [0.25, 0.3) is 0 Å². The summed E-state index contributed by atoms with van der Waals surface area (Å²) >= 11 is 0. The van der Waals surface area contributed by atoms with Crippen molar-refractivity contribution in [3.05, 3.63) is 60.7 Å². The maximum Gasteiger partial charge on any atom is -0.0105 e. The monoisotopic (exact) mass is 180 g/mol. The molecule has 3 aromatic carbocycles. The molecule has 0 aliphatic heterocycles. The Morgan fingerprint density at radius 3 is 1.36 bits per heavy atom. The molecule has 0 nitrogen and oxygen atoms in total. The predicted octanol–water partition coefficient (Wildman–Crippen LogP) is 3.99. The van der Waals surface area contributed by atoms with E-state index in [-0.39, 0.29) is 0 Å². The molecule has 0 saturated heterocycles. The fourth-order valence-electron chi connectivity index (χ4n) is 1.95. The van der Waals surface area contributed by atoms with Crippen LogP contribution in [0.25, 0.3) is 21.5 Å². The van der Waals surface area contributed by atoms with E-state index in [1.807, 2.05) is 0 Å². The molecule has 0 spiro atoms. The van der Waals surface area contributed by atoms with Crippen LogP contribution in [0.4, 0.5) is 0 Å².